The fourth-order valence-electron chi connectivity index (χ4n) is 2.74. The Morgan fingerprint density at radius 1 is 0.800 bits per heavy atom. The molecule has 0 spiro atoms. The van der Waals surface area contributed by atoms with Crippen LogP contribution in [0.1, 0.15) is 0 Å². The van der Waals surface area contributed by atoms with Gasteiger partial charge in [0.1, 0.15) is 11.4 Å². The Balaban J connectivity index is 0.000000166. The molecule has 5 nitrogen and oxygen atoms in total. The first kappa shape index (κ1) is 16.6. The number of nitrogens with zero attached hydrogens (tertiary/aromatic N) is 3. The fraction of sp³-hybridized carbons (Fsp3) is 0.333. The van der Waals surface area contributed by atoms with E-state index >= 15 is 0 Å². The molecule has 0 bridgehead atoms. The standard InChI is InChI=1S/C12H13N3O2.C6H6ClP/c16-9-7-8(13-1-2-13)12(17)11(15-5-6-15)10(9)14-3-4-14;7-5-1-3-6(8)4-2-5/h7H,1-6H2;1-4H,8H2. The van der Waals surface area contributed by atoms with Gasteiger partial charge in [-0.05, 0) is 17.4 Å². The van der Waals surface area contributed by atoms with Gasteiger partial charge in [0.05, 0.1) is 5.70 Å². The molecule has 3 fully saturated rings. The molecule has 1 aromatic carbocycles. The SMILES string of the molecule is O=C1C=C(N2CC2)C(=O)C(N2CC2)=C1N1CC1.Pc1ccc(Cl)cc1. The number of rotatable bonds is 3. The van der Waals surface area contributed by atoms with E-state index in [1.165, 1.54) is 6.08 Å². The third-order valence-corrected chi connectivity index (χ3v) is 4.99. The maximum absolute atomic E-state index is 12.4. The molecule has 4 aliphatic rings. The number of benzene rings is 1. The topological polar surface area (TPSA) is 43.2 Å². The molecule has 1 aromatic rings. The maximum Gasteiger partial charge on any atom is 0.227 e. The number of ketones is 2. The minimum atomic E-state index is 0.00546. The van der Waals surface area contributed by atoms with Gasteiger partial charge < -0.3 is 14.7 Å². The molecule has 3 heterocycles. The molecule has 0 aromatic heterocycles. The van der Waals surface area contributed by atoms with Gasteiger partial charge in [0.2, 0.25) is 11.6 Å². The molecule has 3 saturated heterocycles. The van der Waals surface area contributed by atoms with Crippen LogP contribution in [-0.2, 0) is 9.59 Å². The molecule has 0 N–H and O–H groups in total. The Bertz CT molecular complexity index is 770. The molecule has 0 amide bonds. The summed E-state index contributed by atoms with van der Waals surface area (Å²) in [6, 6.07) is 7.63. The molecule has 25 heavy (non-hydrogen) atoms. The Hall–Kier alpha value is -1.84. The summed E-state index contributed by atoms with van der Waals surface area (Å²) in [6.07, 6.45) is 1.52. The van der Waals surface area contributed by atoms with Gasteiger partial charge in [-0.1, -0.05) is 23.7 Å². The Labute approximate surface area is 154 Å². The average molecular weight is 376 g/mol. The van der Waals surface area contributed by atoms with E-state index in [0.717, 1.165) is 49.6 Å². The van der Waals surface area contributed by atoms with Crippen LogP contribution in [0, 0.1) is 0 Å². The van der Waals surface area contributed by atoms with Gasteiger partial charge in [-0.15, -0.1) is 9.24 Å². The second kappa shape index (κ2) is 6.47. The first-order valence-corrected chi connectivity index (χ1v) is 9.31. The first-order chi connectivity index (χ1) is 12.0. The van der Waals surface area contributed by atoms with Crippen molar-refractivity contribution >= 4 is 37.7 Å². The number of Topliss-reactive ketones (excluding diaryl/α,β-unsaturated/α-hetero) is 1. The quantitative estimate of drug-likeness (QED) is 0.448. The van der Waals surface area contributed by atoms with Crippen molar-refractivity contribution in [3.8, 4) is 0 Å². The normalized spacial score (nSPS) is 21.0. The largest absolute Gasteiger partial charge is 0.365 e. The van der Waals surface area contributed by atoms with Crippen LogP contribution in [0.4, 0.5) is 0 Å². The van der Waals surface area contributed by atoms with Gasteiger partial charge in [0.15, 0.2) is 0 Å². The third kappa shape index (κ3) is 3.73. The molecule has 1 unspecified atom stereocenters. The zero-order valence-electron chi connectivity index (χ0n) is 13.7. The summed E-state index contributed by atoms with van der Waals surface area (Å²) in [4.78, 5) is 30.5. The fourth-order valence-corrected chi connectivity index (χ4v) is 3.06. The van der Waals surface area contributed by atoms with Crippen LogP contribution in [0.5, 0.6) is 0 Å². The number of carbonyl (C=O) groups is 2. The molecule has 1 atom stereocenters. The molecule has 1 aliphatic carbocycles. The maximum atomic E-state index is 12.4. The zero-order valence-corrected chi connectivity index (χ0v) is 15.7. The summed E-state index contributed by atoms with van der Waals surface area (Å²) in [7, 11) is 2.59. The summed E-state index contributed by atoms with van der Waals surface area (Å²) in [6.45, 7) is 5.41. The summed E-state index contributed by atoms with van der Waals surface area (Å²) < 4.78 is 0. The van der Waals surface area contributed by atoms with Crippen molar-refractivity contribution in [1.82, 2.24) is 14.7 Å². The van der Waals surface area contributed by atoms with Gasteiger partial charge in [-0.25, -0.2) is 0 Å². The van der Waals surface area contributed by atoms with Gasteiger partial charge in [-0.2, -0.15) is 0 Å². The lowest BCUT2D eigenvalue weighted by molar-refractivity contribution is -0.117. The third-order valence-electron chi connectivity index (χ3n) is 4.36. The van der Waals surface area contributed by atoms with Crippen molar-refractivity contribution in [2.75, 3.05) is 39.3 Å². The van der Waals surface area contributed by atoms with Crippen LogP contribution in [0.25, 0.3) is 0 Å². The molecule has 3 aliphatic heterocycles. The van der Waals surface area contributed by atoms with E-state index < -0.39 is 0 Å². The lowest BCUT2D eigenvalue weighted by Crippen LogP contribution is -2.29. The van der Waals surface area contributed by atoms with E-state index in [-0.39, 0.29) is 11.6 Å². The highest BCUT2D eigenvalue weighted by Crippen LogP contribution is 2.33. The lowest BCUT2D eigenvalue weighted by Gasteiger charge is -2.21. The Morgan fingerprint density at radius 2 is 1.32 bits per heavy atom. The van der Waals surface area contributed by atoms with Gasteiger partial charge in [0, 0.05) is 50.4 Å². The van der Waals surface area contributed by atoms with Crippen LogP contribution in [0.2, 0.25) is 5.02 Å². The van der Waals surface area contributed by atoms with Crippen molar-refractivity contribution in [2.45, 2.75) is 0 Å². The lowest BCUT2D eigenvalue weighted by atomic mass is 10.0. The zero-order chi connectivity index (χ0) is 17.6. The van der Waals surface area contributed by atoms with Crippen LogP contribution in [0.3, 0.4) is 0 Å². The number of hydrogen-bond donors (Lipinski definition) is 0. The number of hydrogen-bond acceptors (Lipinski definition) is 5. The molecule has 0 saturated carbocycles. The second-order valence-electron chi connectivity index (χ2n) is 6.43. The predicted octanol–water partition coefficient (Wildman–Crippen LogP) is 1.02. The highest BCUT2D eigenvalue weighted by Gasteiger charge is 2.43. The molecular formula is C18H19ClN3O2P. The van der Waals surface area contributed by atoms with Crippen molar-refractivity contribution in [2.24, 2.45) is 0 Å². The van der Waals surface area contributed by atoms with E-state index in [1.54, 1.807) is 0 Å². The average Bonchev–Trinajstić information content (AvgIpc) is 3.45. The number of carbonyl (C=O) groups excluding carboxylic acids is 2. The van der Waals surface area contributed by atoms with Crippen molar-refractivity contribution < 1.29 is 9.59 Å². The van der Waals surface area contributed by atoms with E-state index in [9.17, 15) is 9.59 Å². The van der Waals surface area contributed by atoms with Gasteiger partial charge >= 0.3 is 0 Å². The minimum absolute atomic E-state index is 0.00546. The highest BCUT2D eigenvalue weighted by atomic mass is 35.5. The summed E-state index contributed by atoms with van der Waals surface area (Å²) in [5.41, 5.74) is 1.89. The van der Waals surface area contributed by atoms with E-state index in [1.807, 2.05) is 39.0 Å². The van der Waals surface area contributed by atoms with E-state index in [4.69, 9.17) is 11.6 Å². The van der Waals surface area contributed by atoms with Crippen molar-refractivity contribution in [3.05, 3.63) is 52.5 Å². The van der Waals surface area contributed by atoms with Crippen LogP contribution < -0.4 is 5.30 Å². The number of allylic oxidation sites excluding steroid dienone is 1. The van der Waals surface area contributed by atoms with Crippen LogP contribution in [-0.4, -0.2) is 65.5 Å². The predicted molar refractivity (Wildman–Crippen MR) is 101 cm³/mol. The second-order valence-corrected chi connectivity index (χ2v) is 7.54. The van der Waals surface area contributed by atoms with Gasteiger partial charge in [-0.3, -0.25) is 9.59 Å². The summed E-state index contributed by atoms with van der Waals surface area (Å²) in [5, 5.41) is 1.95. The molecule has 5 rings (SSSR count). The van der Waals surface area contributed by atoms with E-state index in [0.29, 0.717) is 17.1 Å². The summed E-state index contributed by atoms with van der Waals surface area (Å²) >= 11 is 5.60. The van der Waals surface area contributed by atoms with Crippen molar-refractivity contribution in [3.63, 3.8) is 0 Å². The first-order valence-electron chi connectivity index (χ1n) is 8.35. The van der Waals surface area contributed by atoms with Gasteiger partial charge in [0.25, 0.3) is 0 Å². The minimum Gasteiger partial charge on any atom is -0.365 e. The molecule has 0 radical (unpaired) electrons. The van der Waals surface area contributed by atoms with Crippen molar-refractivity contribution in [1.29, 1.82) is 0 Å². The highest BCUT2D eigenvalue weighted by molar-refractivity contribution is 7.27. The monoisotopic (exact) mass is 375 g/mol. The van der Waals surface area contributed by atoms with E-state index in [2.05, 4.69) is 9.24 Å². The van der Waals surface area contributed by atoms with Crippen LogP contribution >= 0.6 is 20.8 Å². The Kier molecular flexibility index (Phi) is 4.30. The number of halogens is 1. The molecular weight excluding hydrogens is 357 g/mol. The molecule has 7 heteroatoms. The smallest absolute Gasteiger partial charge is 0.227 e. The van der Waals surface area contributed by atoms with Crippen LogP contribution in [0.15, 0.2) is 47.4 Å². The Morgan fingerprint density at radius 3 is 1.80 bits per heavy atom. The molecule has 130 valence electrons. The summed E-state index contributed by atoms with van der Waals surface area (Å²) in [5.74, 6) is 0.0485.